The summed E-state index contributed by atoms with van der Waals surface area (Å²) in [4.78, 5) is 14.2. The lowest BCUT2D eigenvalue weighted by molar-refractivity contribution is -0.125. The van der Waals surface area contributed by atoms with Crippen LogP contribution < -0.4 is 10.6 Å². The van der Waals surface area contributed by atoms with Crippen LogP contribution in [0.15, 0.2) is 30.3 Å². The average Bonchev–Trinajstić information content (AvgIpc) is 2.49. The Morgan fingerprint density at radius 3 is 2.50 bits per heavy atom. The average molecular weight is 348 g/mol. The Hall–Kier alpha value is -0.810. The van der Waals surface area contributed by atoms with E-state index in [1.165, 1.54) is 5.56 Å². The molecule has 2 rings (SSSR count). The number of nitrogens with one attached hydrogen (secondary N) is 2. The molecule has 0 bridgehead atoms. The van der Waals surface area contributed by atoms with Crippen molar-refractivity contribution < 1.29 is 4.79 Å². The van der Waals surface area contributed by atoms with Crippen LogP contribution in [-0.4, -0.2) is 44.0 Å². The van der Waals surface area contributed by atoms with Crippen LogP contribution in [0.5, 0.6) is 0 Å². The molecule has 126 valence electrons. The molecule has 1 aromatic carbocycles. The van der Waals surface area contributed by atoms with Gasteiger partial charge in [-0.05, 0) is 38.5 Å². The summed E-state index contributed by atoms with van der Waals surface area (Å²) in [6.45, 7) is 4.46. The third-order valence-electron chi connectivity index (χ3n) is 3.80. The molecule has 0 unspecified atom stereocenters. The van der Waals surface area contributed by atoms with Crippen molar-refractivity contribution in [1.82, 2.24) is 15.5 Å². The van der Waals surface area contributed by atoms with Crippen LogP contribution in [0.3, 0.4) is 0 Å². The maximum atomic E-state index is 12.0. The van der Waals surface area contributed by atoms with Crippen LogP contribution in [0.1, 0.15) is 18.4 Å². The van der Waals surface area contributed by atoms with Crippen molar-refractivity contribution in [3.8, 4) is 0 Å². The monoisotopic (exact) mass is 347 g/mol. The van der Waals surface area contributed by atoms with Crippen molar-refractivity contribution in [3.63, 3.8) is 0 Å². The number of nitrogens with zero attached hydrogens (tertiary/aromatic N) is 1. The lowest BCUT2D eigenvalue weighted by Gasteiger charge is -2.23. The smallest absolute Gasteiger partial charge is 0.223 e. The van der Waals surface area contributed by atoms with Crippen molar-refractivity contribution in [2.45, 2.75) is 19.4 Å². The van der Waals surface area contributed by atoms with Gasteiger partial charge in [-0.1, -0.05) is 30.3 Å². The van der Waals surface area contributed by atoms with Crippen molar-refractivity contribution in [2.75, 3.05) is 33.2 Å². The molecule has 1 fully saturated rings. The topological polar surface area (TPSA) is 44.4 Å². The Labute approximate surface area is 145 Å². The number of carbonyl (C=O) groups is 1. The third-order valence-corrected chi connectivity index (χ3v) is 3.80. The van der Waals surface area contributed by atoms with Gasteiger partial charge < -0.3 is 15.5 Å². The predicted molar refractivity (Wildman–Crippen MR) is 95.9 cm³/mol. The number of amides is 1. The summed E-state index contributed by atoms with van der Waals surface area (Å²) in [7, 11) is 2.09. The second kappa shape index (κ2) is 11.7. The van der Waals surface area contributed by atoms with Gasteiger partial charge in [-0.25, -0.2) is 0 Å². The summed E-state index contributed by atoms with van der Waals surface area (Å²) in [6.07, 6.45) is 1.93. The molecule has 1 aliphatic heterocycles. The zero-order valence-electron chi connectivity index (χ0n) is 13.1. The van der Waals surface area contributed by atoms with Crippen LogP contribution >= 0.6 is 24.8 Å². The Kier molecular flexibility index (Phi) is 11.3. The number of carbonyl (C=O) groups excluding carboxylic acids is 1. The number of piperidine rings is 1. The van der Waals surface area contributed by atoms with Gasteiger partial charge in [0.2, 0.25) is 5.91 Å². The highest BCUT2D eigenvalue weighted by Gasteiger charge is 2.20. The maximum absolute atomic E-state index is 12.0. The molecule has 0 aromatic heterocycles. The fourth-order valence-corrected chi connectivity index (χ4v) is 2.57. The first-order valence-electron chi connectivity index (χ1n) is 7.46. The first-order valence-corrected chi connectivity index (χ1v) is 7.46. The van der Waals surface area contributed by atoms with E-state index < -0.39 is 0 Å². The lowest BCUT2D eigenvalue weighted by Crippen LogP contribution is -2.40. The number of hydrogen-bond donors (Lipinski definition) is 2. The van der Waals surface area contributed by atoms with E-state index in [9.17, 15) is 4.79 Å². The van der Waals surface area contributed by atoms with E-state index in [2.05, 4.69) is 46.8 Å². The number of benzene rings is 1. The molecule has 1 aromatic rings. The van der Waals surface area contributed by atoms with E-state index in [1.54, 1.807) is 0 Å². The fourth-order valence-electron chi connectivity index (χ4n) is 2.57. The van der Waals surface area contributed by atoms with Gasteiger partial charge in [-0.3, -0.25) is 4.79 Å². The first-order chi connectivity index (χ1) is 9.75. The van der Waals surface area contributed by atoms with Gasteiger partial charge in [-0.2, -0.15) is 0 Å². The molecular formula is C16H27Cl2N3O. The van der Waals surface area contributed by atoms with Gasteiger partial charge in [0.15, 0.2) is 0 Å². The maximum Gasteiger partial charge on any atom is 0.223 e. The highest BCUT2D eigenvalue weighted by Crippen LogP contribution is 2.11. The van der Waals surface area contributed by atoms with E-state index in [1.807, 2.05) is 6.07 Å². The van der Waals surface area contributed by atoms with E-state index >= 15 is 0 Å². The van der Waals surface area contributed by atoms with Gasteiger partial charge in [0.1, 0.15) is 0 Å². The Morgan fingerprint density at radius 2 is 1.86 bits per heavy atom. The molecule has 1 aliphatic rings. The number of likely N-dealkylation sites (N-methyl/N-ethyl adjacent to an activating group) is 1. The van der Waals surface area contributed by atoms with E-state index in [-0.39, 0.29) is 36.6 Å². The molecule has 0 aliphatic carbocycles. The lowest BCUT2D eigenvalue weighted by atomic mass is 9.97. The van der Waals surface area contributed by atoms with Gasteiger partial charge in [-0.15, -0.1) is 24.8 Å². The van der Waals surface area contributed by atoms with Crippen LogP contribution in [0.2, 0.25) is 0 Å². The molecule has 0 saturated carbocycles. The summed E-state index contributed by atoms with van der Waals surface area (Å²) in [6, 6.07) is 10.4. The number of rotatable bonds is 6. The summed E-state index contributed by atoms with van der Waals surface area (Å²) in [5.74, 6) is 0.426. The van der Waals surface area contributed by atoms with Crippen molar-refractivity contribution in [3.05, 3.63) is 35.9 Å². The molecule has 1 amide bonds. The SMILES string of the molecule is CN(CCNC(=O)C1CCNCC1)Cc1ccccc1.Cl.Cl. The van der Waals surface area contributed by atoms with Crippen molar-refractivity contribution in [1.29, 1.82) is 0 Å². The van der Waals surface area contributed by atoms with Crippen LogP contribution in [0, 0.1) is 5.92 Å². The summed E-state index contributed by atoms with van der Waals surface area (Å²) in [5, 5.41) is 6.34. The molecule has 1 saturated heterocycles. The quantitative estimate of drug-likeness (QED) is 0.827. The minimum Gasteiger partial charge on any atom is -0.355 e. The zero-order chi connectivity index (χ0) is 14.2. The van der Waals surface area contributed by atoms with Gasteiger partial charge in [0, 0.05) is 25.6 Å². The largest absolute Gasteiger partial charge is 0.355 e. The number of hydrogen-bond acceptors (Lipinski definition) is 3. The highest BCUT2D eigenvalue weighted by molar-refractivity contribution is 5.85. The molecule has 0 radical (unpaired) electrons. The van der Waals surface area contributed by atoms with E-state index in [0.717, 1.165) is 45.6 Å². The Morgan fingerprint density at radius 1 is 1.23 bits per heavy atom. The minimum atomic E-state index is 0. The second-order valence-electron chi connectivity index (χ2n) is 5.54. The number of halogens is 2. The van der Waals surface area contributed by atoms with Crippen molar-refractivity contribution in [2.24, 2.45) is 5.92 Å². The molecule has 2 N–H and O–H groups in total. The Balaban J connectivity index is 0.00000220. The third kappa shape index (κ3) is 7.45. The summed E-state index contributed by atoms with van der Waals surface area (Å²) >= 11 is 0. The summed E-state index contributed by atoms with van der Waals surface area (Å²) < 4.78 is 0. The molecule has 1 heterocycles. The minimum absolute atomic E-state index is 0. The summed E-state index contributed by atoms with van der Waals surface area (Å²) in [5.41, 5.74) is 1.31. The molecule has 0 spiro atoms. The van der Waals surface area contributed by atoms with Crippen LogP contribution in [0.25, 0.3) is 0 Å². The van der Waals surface area contributed by atoms with E-state index in [4.69, 9.17) is 0 Å². The van der Waals surface area contributed by atoms with Gasteiger partial charge in [0.25, 0.3) is 0 Å². The van der Waals surface area contributed by atoms with E-state index in [0.29, 0.717) is 0 Å². The molecule has 6 heteroatoms. The molecule has 4 nitrogen and oxygen atoms in total. The predicted octanol–water partition coefficient (Wildman–Crippen LogP) is 2.08. The highest BCUT2D eigenvalue weighted by atomic mass is 35.5. The molecular weight excluding hydrogens is 321 g/mol. The van der Waals surface area contributed by atoms with Gasteiger partial charge >= 0.3 is 0 Å². The van der Waals surface area contributed by atoms with Crippen LogP contribution in [-0.2, 0) is 11.3 Å². The Bertz CT molecular complexity index is 411. The first kappa shape index (κ1) is 21.2. The standard InChI is InChI=1S/C16H25N3O.2ClH/c1-19(13-14-5-3-2-4-6-14)12-11-18-16(20)15-7-9-17-10-8-15;;/h2-6,15,17H,7-13H2,1H3,(H,18,20);2*1H. The second-order valence-corrected chi connectivity index (χ2v) is 5.54. The van der Waals surface area contributed by atoms with Gasteiger partial charge in [0.05, 0.1) is 0 Å². The fraction of sp³-hybridized carbons (Fsp3) is 0.562. The van der Waals surface area contributed by atoms with Crippen molar-refractivity contribution >= 4 is 30.7 Å². The zero-order valence-corrected chi connectivity index (χ0v) is 14.7. The normalized spacial score (nSPS) is 14.8. The molecule has 22 heavy (non-hydrogen) atoms. The molecule has 0 atom stereocenters. The van der Waals surface area contributed by atoms with Crippen LogP contribution in [0.4, 0.5) is 0 Å².